The van der Waals surface area contributed by atoms with E-state index in [1.807, 2.05) is 24.3 Å². The minimum absolute atomic E-state index is 0.195. The molecule has 0 saturated heterocycles. The van der Waals surface area contributed by atoms with E-state index in [0.29, 0.717) is 35.9 Å². The van der Waals surface area contributed by atoms with E-state index in [0.717, 1.165) is 17.4 Å². The molecule has 0 aliphatic heterocycles. The van der Waals surface area contributed by atoms with Gasteiger partial charge in [0, 0.05) is 17.1 Å². The highest BCUT2D eigenvalue weighted by Gasteiger charge is 2.19. The van der Waals surface area contributed by atoms with Crippen LogP contribution < -0.4 is 19.5 Å². The molecule has 1 amide bonds. The second-order valence-electron chi connectivity index (χ2n) is 6.97. The van der Waals surface area contributed by atoms with Crippen LogP contribution in [0.2, 0.25) is 5.02 Å². The van der Waals surface area contributed by atoms with E-state index in [2.05, 4.69) is 21.9 Å². The number of carbonyl (C=O) groups is 1. The van der Waals surface area contributed by atoms with Gasteiger partial charge in [-0.2, -0.15) is 0 Å². The van der Waals surface area contributed by atoms with Gasteiger partial charge in [-0.15, -0.1) is 0 Å². The van der Waals surface area contributed by atoms with Gasteiger partial charge in [-0.05, 0) is 54.8 Å². The highest BCUT2D eigenvalue weighted by molar-refractivity contribution is 7.88. The predicted molar refractivity (Wildman–Crippen MR) is 126 cm³/mol. The third kappa shape index (κ3) is 8.79. The fourth-order valence-corrected chi connectivity index (χ4v) is 3.72. The van der Waals surface area contributed by atoms with Gasteiger partial charge in [-0.25, -0.2) is 13.1 Å². The number of amides is 1. The van der Waals surface area contributed by atoms with Crippen molar-refractivity contribution < 1.29 is 22.7 Å². The minimum Gasteiger partial charge on any atom is -0.493 e. The van der Waals surface area contributed by atoms with Gasteiger partial charge in [-0.3, -0.25) is 4.79 Å². The van der Waals surface area contributed by atoms with Gasteiger partial charge in [-0.1, -0.05) is 36.4 Å². The highest BCUT2D eigenvalue weighted by Crippen LogP contribution is 2.28. The maximum absolute atomic E-state index is 12.2. The van der Waals surface area contributed by atoms with E-state index < -0.39 is 16.1 Å². The molecule has 9 heteroatoms. The van der Waals surface area contributed by atoms with Crippen molar-refractivity contribution in [1.29, 1.82) is 0 Å². The Kier molecular flexibility index (Phi) is 9.85. The first-order valence-corrected chi connectivity index (χ1v) is 12.3. The lowest BCUT2D eigenvalue weighted by Gasteiger charge is -2.15. The van der Waals surface area contributed by atoms with Gasteiger partial charge in [0.1, 0.15) is 12.6 Å². The quantitative estimate of drug-likeness (QED) is 0.512. The summed E-state index contributed by atoms with van der Waals surface area (Å²) in [6.45, 7) is 2.29. The lowest BCUT2D eigenvalue weighted by Crippen LogP contribution is -2.46. The van der Waals surface area contributed by atoms with Crippen LogP contribution in [0.15, 0.2) is 42.5 Å². The van der Waals surface area contributed by atoms with E-state index in [4.69, 9.17) is 21.1 Å². The van der Waals surface area contributed by atoms with Crippen LogP contribution in [0.1, 0.15) is 24.5 Å². The molecule has 0 unspecified atom stereocenters. The van der Waals surface area contributed by atoms with Crippen LogP contribution in [0.25, 0.3) is 0 Å². The fourth-order valence-electron chi connectivity index (χ4n) is 2.81. The van der Waals surface area contributed by atoms with Gasteiger partial charge >= 0.3 is 0 Å². The number of methoxy groups -OCH3 is 1. The molecule has 0 heterocycles. The Morgan fingerprint density at radius 1 is 1.16 bits per heavy atom. The Morgan fingerprint density at radius 3 is 2.50 bits per heavy atom. The number of hydrogen-bond donors (Lipinski definition) is 2. The summed E-state index contributed by atoms with van der Waals surface area (Å²) in [5, 5.41) is 3.41. The molecule has 7 nitrogen and oxygen atoms in total. The van der Waals surface area contributed by atoms with E-state index in [9.17, 15) is 13.2 Å². The van der Waals surface area contributed by atoms with E-state index in [-0.39, 0.29) is 12.5 Å². The van der Waals surface area contributed by atoms with E-state index in [1.165, 1.54) is 0 Å². The lowest BCUT2D eigenvalue weighted by molar-refractivity contribution is -0.122. The van der Waals surface area contributed by atoms with Crippen LogP contribution in [0.4, 0.5) is 0 Å². The summed E-state index contributed by atoms with van der Waals surface area (Å²) < 4.78 is 36.1. The standard InChI is InChI=1S/C23H27ClN2O5S/c1-4-20(26-32(3,28)29)23(27)25-14-13-18-9-12-21(22(16-18)30-2)31-15-5-6-17-7-10-19(24)11-8-17/h7-12,16,20,26H,4,13-15H2,1-3H3,(H,25,27)/t20-/m0/s1. The molecule has 0 bridgehead atoms. The second-order valence-corrected chi connectivity index (χ2v) is 9.19. The summed E-state index contributed by atoms with van der Waals surface area (Å²) in [6, 6.07) is 11.9. The summed E-state index contributed by atoms with van der Waals surface area (Å²) in [5.74, 6) is 6.72. The smallest absolute Gasteiger partial charge is 0.238 e. The van der Waals surface area contributed by atoms with Crippen LogP contribution in [0.3, 0.4) is 0 Å². The van der Waals surface area contributed by atoms with Crippen LogP contribution in [0, 0.1) is 11.8 Å². The molecule has 2 rings (SSSR count). The van der Waals surface area contributed by atoms with Crippen LogP contribution in [0.5, 0.6) is 11.5 Å². The number of hydrogen-bond acceptors (Lipinski definition) is 5. The molecule has 0 fully saturated rings. The molecule has 0 saturated carbocycles. The number of benzene rings is 2. The first-order valence-electron chi connectivity index (χ1n) is 10.0. The number of nitrogens with one attached hydrogen (secondary N) is 2. The topological polar surface area (TPSA) is 93.7 Å². The summed E-state index contributed by atoms with van der Waals surface area (Å²) in [4.78, 5) is 12.2. The van der Waals surface area contributed by atoms with Crippen molar-refractivity contribution in [3.63, 3.8) is 0 Å². The maximum atomic E-state index is 12.2. The Labute approximate surface area is 194 Å². The lowest BCUT2D eigenvalue weighted by atomic mass is 10.1. The number of halogens is 1. The van der Waals surface area contributed by atoms with Crippen molar-refractivity contribution >= 4 is 27.5 Å². The van der Waals surface area contributed by atoms with Crippen molar-refractivity contribution in [1.82, 2.24) is 10.0 Å². The molecule has 0 spiro atoms. The number of sulfonamides is 1. The first-order chi connectivity index (χ1) is 15.2. The van der Waals surface area contributed by atoms with Crippen molar-refractivity contribution in [3.8, 4) is 23.3 Å². The average Bonchev–Trinajstić information content (AvgIpc) is 2.76. The van der Waals surface area contributed by atoms with Gasteiger partial charge < -0.3 is 14.8 Å². The Hall–Kier alpha value is -2.73. The van der Waals surface area contributed by atoms with Gasteiger partial charge in [0.2, 0.25) is 15.9 Å². The minimum atomic E-state index is -3.45. The average molecular weight is 479 g/mol. The number of ether oxygens (including phenoxy) is 2. The predicted octanol–water partition coefficient (Wildman–Crippen LogP) is 2.77. The van der Waals surface area contributed by atoms with Crippen molar-refractivity contribution in [3.05, 3.63) is 58.6 Å². The third-order valence-electron chi connectivity index (χ3n) is 4.40. The Bertz CT molecular complexity index is 1080. The zero-order valence-electron chi connectivity index (χ0n) is 18.3. The monoisotopic (exact) mass is 478 g/mol. The summed E-state index contributed by atoms with van der Waals surface area (Å²) >= 11 is 5.86. The van der Waals surface area contributed by atoms with Crippen LogP contribution in [-0.4, -0.2) is 46.9 Å². The van der Waals surface area contributed by atoms with E-state index >= 15 is 0 Å². The molecule has 2 aromatic rings. The molecule has 32 heavy (non-hydrogen) atoms. The highest BCUT2D eigenvalue weighted by atomic mass is 35.5. The molecule has 0 radical (unpaired) electrons. The summed E-state index contributed by atoms with van der Waals surface area (Å²) in [7, 11) is -1.90. The van der Waals surface area contributed by atoms with Crippen molar-refractivity contribution in [2.75, 3.05) is 26.5 Å². The number of carbonyl (C=O) groups excluding carboxylic acids is 1. The van der Waals surface area contributed by atoms with Crippen molar-refractivity contribution in [2.45, 2.75) is 25.8 Å². The molecule has 0 aromatic heterocycles. The molecule has 2 N–H and O–H groups in total. The van der Waals surface area contributed by atoms with Crippen LogP contribution >= 0.6 is 11.6 Å². The maximum Gasteiger partial charge on any atom is 0.238 e. The molecule has 2 aromatic carbocycles. The SMILES string of the molecule is CC[C@H](NS(C)(=O)=O)C(=O)NCCc1ccc(OCC#Cc2ccc(Cl)cc2)c(OC)c1. The largest absolute Gasteiger partial charge is 0.493 e. The molecular formula is C23H27ClN2O5S. The fraction of sp³-hybridized carbons (Fsp3) is 0.348. The molecule has 172 valence electrons. The van der Waals surface area contributed by atoms with Crippen molar-refractivity contribution in [2.24, 2.45) is 0 Å². The van der Waals surface area contributed by atoms with Gasteiger partial charge in [0.05, 0.1) is 13.4 Å². The Morgan fingerprint density at radius 2 is 1.88 bits per heavy atom. The zero-order chi connectivity index (χ0) is 23.6. The molecule has 0 aliphatic rings. The molecule has 1 atom stereocenters. The summed E-state index contributed by atoms with van der Waals surface area (Å²) in [5.41, 5.74) is 1.78. The summed E-state index contributed by atoms with van der Waals surface area (Å²) in [6.07, 6.45) is 1.94. The molecule has 0 aliphatic carbocycles. The molecular weight excluding hydrogens is 452 g/mol. The first kappa shape index (κ1) is 25.5. The second kappa shape index (κ2) is 12.3. The van der Waals surface area contributed by atoms with Gasteiger partial charge in [0.15, 0.2) is 11.5 Å². The third-order valence-corrected chi connectivity index (χ3v) is 5.36. The zero-order valence-corrected chi connectivity index (χ0v) is 19.8. The Balaban J connectivity index is 1.88. The van der Waals surface area contributed by atoms with Crippen LogP contribution in [-0.2, 0) is 21.2 Å². The number of rotatable bonds is 10. The normalized spacial score (nSPS) is 11.8. The van der Waals surface area contributed by atoms with Gasteiger partial charge in [0.25, 0.3) is 0 Å². The van der Waals surface area contributed by atoms with E-state index in [1.54, 1.807) is 32.2 Å².